The van der Waals surface area contributed by atoms with Crippen LogP contribution in [0.2, 0.25) is 5.02 Å². The van der Waals surface area contributed by atoms with E-state index in [9.17, 15) is 4.79 Å². The number of carbonyl (C=O) groups is 1. The Morgan fingerprint density at radius 1 is 1.40 bits per heavy atom. The molecule has 0 spiro atoms. The predicted octanol–water partition coefficient (Wildman–Crippen LogP) is 2.95. The monoisotopic (exact) mass is 294 g/mol. The van der Waals surface area contributed by atoms with E-state index in [0.29, 0.717) is 35.8 Å². The molecule has 1 aromatic carbocycles. The molecule has 0 aliphatic rings. The van der Waals surface area contributed by atoms with Gasteiger partial charge in [-0.2, -0.15) is 0 Å². The SMILES string of the molecule is CCN(CC)C(=O)Nc1cc(Cl)ccc1C#CCCO. The van der Waals surface area contributed by atoms with E-state index in [2.05, 4.69) is 17.2 Å². The number of urea groups is 1. The second kappa shape index (κ2) is 8.47. The summed E-state index contributed by atoms with van der Waals surface area (Å²) in [6.45, 7) is 5.12. The van der Waals surface area contributed by atoms with Crippen molar-refractivity contribution < 1.29 is 9.90 Å². The first kappa shape index (κ1) is 16.4. The summed E-state index contributed by atoms with van der Waals surface area (Å²) in [7, 11) is 0. The van der Waals surface area contributed by atoms with Crippen LogP contribution in [-0.2, 0) is 0 Å². The molecule has 0 aromatic heterocycles. The van der Waals surface area contributed by atoms with E-state index in [4.69, 9.17) is 16.7 Å². The molecule has 0 atom stereocenters. The highest BCUT2D eigenvalue weighted by Gasteiger charge is 2.11. The van der Waals surface area contributed by atoms with E-state index >= 15 is 0 Å². The molecule has 20 heavy (non-hydrogen) atoms. The van der Waals surface area contributed by atoms with Gasteiger partial charge < -0.3 is 15.3 Å². The molecule has 2 amide bonds. The molecule has 0 unspecified atom stereocenters. The van der Waals surface area contributed by atoms with Crippen molar-refractivity contribution in [1.29, 1.82) is 0 Å². The molecular weight excluding hydrogens is 276 g/mol. The van der Waals surface area contributed by atoms with Crippen molar-refractivity contribution in [2.24, 2.45) is 0 Å². The summed E-state index contributed by atoms with van der Waals surface area (Å²) in [5.74, 6) is 5.75. The standard InChI is InChI=1S/C15H19ClN2O2/c1-3-18(4-2)15(20)17-14-11-13(16)9-8-12(14)7-5-6-10-19/h8-9,11,19H,3-4,6,10H2,1-2H3,(H,17,20). The first-order chi connectivity index (χ1) is 9.62. The van der Waals surface area contributed by atoms with E-state index in [1.165, 1.54) is 0 Å². The quantitative estimate of drug-likeness (QED) is 0.839. The van der Waals surface area contributed by atoms with Gasteiger partial charge in [0.15, 0.2) is 0 Å². The number of benzene rings is 1. The van der Waals surface area contributed by atoms with Crippen molar-refractivity contribution in [1.82, 2.24) is 4.90 Å². The van der Waals surface area contributed by atoms with Crippen molar-refractivity contribution >= 4 is 23.3 Å². The molecule has 0 bridgehead atoms. The zero-order valence-corrected chi connectivity index (χ0v) is 12.5. The van der Waals surface area contributed by atoms with Gasteiger partial charge in [-0.15, -0.1) is 0 Å². The summed E-state index contributed by atoms with van der Waals surface area (Å²) >= 11 is 5.96. The molecule has 0 aliphatic carbocycles. The molecule has 2 N–H and O–H groups in total. The number of halogens is 1. The maximum atomic E-state index is 12.1. The Morgan fingerprint density at radius 3 is 2.70 bits per heavy atom. The minimum atomic E-state index is -0.178. The highest BCUT2D eigenvalue weighted by atomic mass is 35.5. The van der Waals surface area contributed by atoms with Crippen LogP contribution in [-0.4, -0.2) is 35.7 Å². The van der Waals surface area contributed by atoms with Gasteiger partial charge in [-0.05, 0) is 32.0 Å². The lowest BCUT2D eigenvalue weighted by molar-refractivity contribution is 0.217. The van der Waals surface area contributed by atoms with Gasteiger partial charge in [-0.1, -0.05) is 23.4 Å². The van der Waals surface area contributed by atoms with Crippen LogP contribution in [0.4, 0.5) is 10.5 Å². The average molecular weight is 295 g/mol. The van der Waals surface area contributed by atoms with Gasteiger partial charge in [0.25, 0.3) is 0 Å². The van der Waals surface area contributed by atoms with Crippen LogP contribution in [0.5, 0.6) is 0 Å². The lowest BCUT2D eigenvalue weighted by atomic mass is 10.1. The number of hydrogen-bond acceptors (Lipinski definition) is 2. The van der Waals surface area contributed by atoms with Gasteiger partial charge in [0.1, 0.15) is 0 Å². The Labute approximate surface area is 124 Å². The second-order valence-electron chi connectivity index (χ2n) is 4.07. The molecule has 0 saturated carbocycles. The van der Waals surface area contributed by atoms with E-state index < -0.39 is 0 Å². The highest BCUT2D eigenvalue weighted by molar-refractivity contribution is 6.31. The third kappa shape index (κ3) is 4.76. The van der Waals surface area contributed by atoms with Crippen LogP contribution < -0.4 is 5.32 Å². The number of aliphatic hydroxyl groups excluding tert-OH is 1. The fraction of sp³-hybridized carbons (Fsp3) is 0.400. The minimum absolute atomic E-state index is 0.0156. The van der Waals surface area contributed by atoms with Crippen LogP contribution in [0.15, 0.2) is 18.2 Å². The zero-order chi connectivity index (χ0) is 15.0. The number of nitrogens with zero attached hydrogens (tertiary/aromatic N) is 1. The largest absolute Gasteiger partial charge is 0.395 e. The number of amides is 2. The molecule has 0 aliphatic heterocycles. The van der Waals surface area contributed by atoms with Gasteiger partial charge in [0.05, 0.1) is 12.3 Å². The van der Waals surface area contributed by atoms with Crippen molar-refractivity contribution in [3.8, 4) is 11.8 Å². The van der Waals surface area contributed by atoms with E-state index in [-0.39, 0.29) is 12.6 Å². The van der Waals surface area contributed by atoms with Crippen LogP contribution >= 0.6 is 11.6 Å². The highest BCUT2D eigenvalue weighted by Crippen LogP contribution is 2.20. The third-order valence-corrected chi connectivity index (χ3v) is 2.97. The molecule has 0 fully saturated rings. The van der Waals surface area contributed by atoms with E-state index in [0.717, 1.165) is 0 Å². The molecule has 1 rings (SSSR count). The molecular formula is C15H19ClN2O2. The molecule has 5 heteroatoms. The number of carbonyl (C=O) groups excluding carboxylic acids is 1. The van der Waals surface area contributed by atoms with Crippen molar-refractivity contribution in [3.63, 3.8) is 0 Å². The third-order valence-electron chi connectivity index (χ3n) is 2.73. The number of aliphatic hydroxyl groups is 1. The topological polar surface area (TPSA) is 52.6 Å². The Hall–Kier alpha value is -1.70. The van der Waals surface area contributed by atoms with E-state index in [1.807, 2.05) is 13.8 Å². The number of anilines is 1. The summed E-state index contributed by atoms with van der Waals surface area (Å²) in [5, 5.41) is 12.1. The molecule has 0 heterocycles. The lowest BCUT2D eigenvalue weighted by Gasteiger charge is -2.19. The summed E-state index contributed by atoms with van der Waals surface area (Å²) in [5.41, 5.74) is 1.27. The first-order valence-electron chi connectivity index (χ1n) is 6.57. The van der Waals surface area contributed by atoms with Crippen molar-refractivity contribution in [2.45, 2.75) is 20.3 Å². The Morgan fingerprint density at radius 2 is 2.10 bits per heavy atom. The fourth-order valence-corrected chi connectivity index (χ4v) is 1.82. The number of hydrogen-bond donors (Lipinski definition) is 2. The van der Waals surface area contributed by atoms with Crippen LogP contribution in [0.25, 0.3) is 0 Å². The smallest absolute Gasteiger partial charge is 0.321 e. The molecule has 108 valence electrons. The summed E-state index contributed by atoms with van der Waals surface area (Å²) < 4.78 is 0. The number of rotatable bonds is 4. The average Bonchev–Trinajstić information content (AvgIpc) is 2.43. The van der Waals surface area contributed by atoms with E-state index in [1.54, 1.807) is 23.1 Å². The van der Waals surface area contributed by atoms with Crippen LogP contribution in [0.3, 0.4) is 0 Å². The van der Waals surface area contributed by atoms with Gasteiger partial charge in [0, 0.05) is 30.1 Å². The Balaban J connectivity index is 2.95. The summed E-state index contributed by atoms with van der Waals surface area (Å²) in [6.07, 6.45) is 0.395. The van der Waals surface area contributed by atoms with Crippen molar-refractivity contribution in [2.75, 3.05) is 25.0 Å². The van der Waals surface area contributed by atoms with Gasteiger partial charge >= 0.3 is 6.03 Å². The zero-order valence-electron chi connectivity index (χ0n) is 11.7. The van der Waals surface area contributed by atoms with Crippen LogP contribution in [0.1, 0.15) is 25.8 Å². The van der Waals surface area contributed by atoms with Crippen molar-refractivity contribution in [3.05, 3.63) is 28.8 Å². The summed E-state index contributed by atoms with van der Waals surface area (Å²) in [4.78, 5) is 13.7. The molecule has 1 aromatic rings. The van der Waals surface area contributed by atoms with Gasteiger partial charge in [-0.3, -0.25) is 0 Å². The van der Waals surface area contributed by atoms with Crippen LogP contribution in [0, 0.1) is 11.8 Å². The second-order valence-corrected chi connectivity index (χ2v) is 4.50. The first-order valence-corrected chi connectivity index (χ1v) is 6.95. The van der Waals surface area contributed by atoms with Gasteiger partial charge in [0.2, 0.25) is 0 Å². The van der Waals surface area contributed by atoms with Gasteiger partial charge in [-0.25, -0.2) is 4.79 Å². The minimum Gasteiger partial charge on any atom is -0.395 e. The molecule has 0 radical (unpaired) electrons. The normalized spacial score (nSPS) is 9.60. The fourth-order valence-electron chi connectivity index (χ4n) is 1.65. The maximum Gasteiger partial charge on any atom is 0.321 e. The summed E-state index contributed by atoms with van der Waals surface area (Å²) in [6, 6.07) is 4.97. The molecule has 4 nitrogen and oxygen atoms in total. The Bertz CT molecular complexity index is 516. The lowest BCUT2D eigenvalue weighted by Crippen LogP contribution is -2.34. The maximum absolute atomic E-state index is 12.1. The molecule has 0 saturated heterocycles. The predicted molar refractivity (Wildman–Crippen MR) is 82.0 cm³/mol. The number of nitrogens with one attached hydrogen (secondary N) is 1. The Kier molecular flexibility index (Phi) is 6.92.